The van der Waals surface area contributed by atoms with Crippen LogP contribution in [0.15, 0.2) is 164 Å². The van der Waals surface area contributed by atoms with Gasteiger partial charge in [-0.25, -0.2) is 4.98 Å². The number of benzene rings is 8. The third kappa shape index (κ3) is 4.52. The maximum atomic E-state index is 4.99. The minimum absolute atomic E-state index is 0.304. The quantitative estimate of drug-likeness (QED) is 0.176. The van der Waals surface area contributed by atoms with Gasteiger partial charge in [0.2, 0.25) is 0 Å². The first kappa shape index (κ1) is 28.3. The van der Waals surface area contributed by atoms with Gasteiger partial charge < -0.3 is 0 Å². The highest BCUT2D eigenvalue weighted by atomic mass is 15.1. The number of hydrogen-bond acceptors (Lipinski definition) is 1. The number of nitrogens with zero attached hydrogens (tertiary/aromatic N) is 2. The number of fused-ring (bicyclic) bond motifs is 4. The molecular weight excluding hydrogens is 581 g/mol. The second-order valence-corrected chi connectivity index (χ2v) is 12.9. The Morgan fingerprint density at radius 3 is 1.52 bits per heavy atom. The van der Waals surface area contributed by atoms with Crippen LogP contribution in [0.1, 0.15) is 25.6 Å². The molecule has 1 heterocycles. The molecule has 0 unspecified atom stereocenters. The first-order chi connectivity index (χ1) is 23.7. The monoisotopic (exact) mass is 614 g/mol. The van der Waals surface area contributed by atoms with Crippen molar-refractivity contribution in [2.45, 2.75) is 19.8 Å². The maximum absolute atomic E-state index is 4.99. The van der Waals surface area contributed by atoms with Crippen LogP contribution in [0.2, 0.25) is 0 Å². The van der Waals surface area contributed by atoms with Gasteiger partial charge in [0.15, 0.2) is 0 Å². The van der Waals surface area contributed by atoms with Crippen molar-refractivity contribution in [2.75, 3.05) is 0 Å². The van der Waals surface area contributed by atoms with Crippen LogP contribution < -0.4 is 0 Å². The van der Waals surface area contributed by atoms with Crippen molar-refractivity contribution < 1.29 is 0 Å². The molecule has 0 saturated heterocycles. The van der Waals surface area contributed by atoms with Gasteiger partial charge in [-0.2, -0.15) is 0 Å². The first-order valence-corrected chi connectivity index (χ1v) is 16.8. The summed E-state index contributed by atoms with van der Waals surface area (Å²) in [5.74, 6) is 1.38. The molecule has 0 bridgehead atoms. The van der Waals surface area contributed by atoms with Gasteiger partial charge in [0, 0.05) is 11.6 Å². The lowest BCUT2D eigenvalue weighted by Gasteiger charge is -2.18. The highest BCUT2D eigenvalue weighted by Gasteiger charge is 2.18. The Balaban J connectivity index is 1.20. The van der Waals surface area contributed by atoms with Crippen molar-refractivity contribution >= 4 is 43.4 Å². The standard InChI is InChI=1S/C46H34N2/c1-30(2)46-47-42-20-9-10-21-43(42)48(46)35-28-26-34(27-29-35)45-40-17-7-5-15-38(40)44(39-16-6-8-18-41(39)45)33-24-22-32(23-25-33)37-19-11-13-31-12-3-4-14-36(31)37/h3-30H,1-2H3. The average Bonchev–Trinajstić information content (AvgIpc) is 3.54. The van der Waals surface area contributed by atoms with E-state index in [-0.39, 0.29) is 0 Å². The van der Waals surface area contributed by atoms with Crippen molar-refractivity contribution in [1.82, 2.24) is 9.55 Å². The number of rotatable bonds is 5. The molecule has 2 nitrogen and oxygen atoms in total. The van der Waals surface area contributed by atoms with E-state index in [1.165, 1.54) is 65.7 Å². The molecule has 1 aromatic heterocycles. The van der Waals surface area contributed by atoms with Crippen LogP contribution in [0.25, 0.3) is 82.4 Å². The Labute approximate surface area is 280 Å². The topological polar surface area (TPSA) is 17.8 Å². The van der Waals surface area contributed by atoms with Crippen molar-refractivity contribution in [2.24, 2.45) is 0 Å². The Kier molecular flexibility index (Phi) is 6.69. The summed E-state index contributed by atoms with van der Waals surface area (Å²) in [6.07, 6.45) is 0. The third-order valence-electron chi connectivity index (χ3n) is 9.72. The first-order valence-electron chi connectivity index (χ1n) is 16.8. The zero-order valence-electron chi connectivity index (χ0n) is 27.1. The number of aromatic nitrogens is 2. The molecule has 0 amide bonds. The van der Waals surface area contributed by atoms with Crippen molar-refractivity contribution in [3.8, 4) is 39.1 Å². The van der Waals surface area contributed by atoms with Crippen LogP contribution in [-0.4, -0.2) is 9.55 Å². The summed E-state index contributed by atoms with van der Waals surface area (Å²) in [5, 5.41) is 7.58. The van der Waals surface area contributed by atoms with Crippen molar-refractivity contribution in [3.05, 3.63) is 170 Å². The largest absolute Gasteiger partial charge is 0.296 e. The second-order valence-electron chi connectivity index (χ2n) is 12.9. The van der Waals surface area contributed by atoms with E-state index in [0.717, 1.165) is 22.5 Å². The molecule has 0 N–H and O–H groups in total. The van der Waals surface area contributed by atoms with Gasteiger partial charge >= 0.3 is 0 Å². The van der Waals surface area contributed by atoms with E-state index in [1.807, 2.05) is 0 Å². The summed E-state index contributed by atoms with van der Waals surface area (Å²) in [4.78, 5) is 4.99. The zero-order chi connectivity index (χ0) is 32.2. The summed E-state index contributed by atoms with van der Waals surface area (Å²) in [6.45, 7) is 4.42. The lowest BCUT2D eigenvalue weighted by Crippen LogP contribution is -2.03. The summed E-state index contributed by atoms with van der Waals surface area (Å²) >= 11 is 0. The minimum Gasteiger partial charge on any atom is -0.296 e. The van der Waals surface area contributed by atoms with E-state index >= 15 is 0 Å². The Hall–Kier alpha value is -5.99. The van der Waals surface area contributed by atoms with E-state index in [4.69, 9.17) is 4.98 Å². The highest BCUT2D eigenvalue weighted by Crippen LogP contribution is 2.44. The van der Waals surface area contributed by atoms with Crippen LogP contribution in [0.5, 0.6) is 0 Å². The molecule has 0 aliphatic rings. The molecular formula is C46H34N2. The molecule has 0 saturated carbocycles. The molecule has 0 radical (unpaired) electrons. The Morgan fingerprint density at radius 2 is 0.917 bits per heavy atom. The SMILES string of the molecule is CC(C)c1nc2ccccc2n1-c1ccc(-c2c3ccccc3c(-c3ccc(-c4cccc5ccccc45)cc3)c3ccccc23)cc1. The van der Waals surface area contributed by atoms with Crippen molar-refractivity contribution in [1.29, 1.82) is 0 Å². The Bertz CT molecular complexity index is 2560. The van der Waals surface area contributed by atoms with Gasteiger partial charge in [-0.3, -0.25) is 4.57 Å². The normalized spacial score (nSPS) is 11.7. The molecule has 8 aromatic carbocycles. The van der Waals surface area contributed by atoms with Gasteiger partial charge in [-0.05, 0) is 90.0 Å². The van der Waals surface area contributed by atoms with Crippen LogP contribution in [0.4, 0.5) is 0 Å². The third-order valence-corrected chi connectivity index (χ3v) is 9.72. The maximum Gasteiger partial charge on any atom is 0.117 e. The lowest BCUT2D eigenvalue weighted by atomic mass is 9.85. The number of para-hydroxylation sites is 2. The van der Waals surface area contributed by atoms with Crippen molar-refractivity contribution in [3.63, 3.8) is 0 Å². The van der Waals surface area contributed by atoms with E-state index in [2.05, 4.69) is 182 Å². The molecule has 9 aromatic rings. The summed E-state index contributed by atoms with van der Waals surface area (Å²) in [5.41, 5.74) is 10.8. The van der Waals surface area contributed by atoms with Gasteiger partial charge in [0.25, 0.3) is 0 Å². The molecule has 0 fully saturated rings. The fourth-order valence-corrected chi connectivity index (χ4v) is 7.52. The molecule has 0 atom stereocenters. The summed E-state index contributed by atoms with van der Waals surface area (Å²) < 4.78 is 2.31. The van der Waals surface area contributed by atoms with Gasteiger partial charge in [0.05, 0.1) is 11.0 Å². The molecule has 2 heteroatoms. The average molecular weight is 615 g/mol. The van der Waals surface area contributed by atoms with Crippen LogP contribution >= 0.6 is 0 Å². The number of hydrogen-bond donors (Lipinski definition) is 0. The molecule has 0 spiro atoms. The zero-order valence-corrected chi connectivity index (χ0v) is 27.1. The van der Waals surface area contributed by atoms with Gasteiger partial charge in [-0.1, -0.05) is 153 Å². The summed E-state index contributed by atoms with van der Waals surface area (Å²) in [7, 11) is 0. The highest BCUT2D eigenvalue weighted by molar-refractivity contribution is 6.21. The fourth-order valence-electron chi connectivity index (χ4n) is 7.52. The Morgan fingerprint density at radius 1 is 0.438 bits per heavy atom. The van der Waals surface area contributed by atoms with Gasteiger partial charge in [0.1, 0.15) is 5.82 Å². The van der Waals surface area contributed by atoms with Crippen LogP contribution in [0.3, 0.4) is 0 Å². The molecule has 0 aliphatic heterocycles. The summed E-state index contributed by atoms with van der Waals surface area (Å²) in [6, 6.07) is 59.6. The van der Waals surface area contributed by atoms with E-state index in [0.29, 0.717) is 5.92 Å². The molecule has 0 aliphatic carbocycles. The van der Waals surface area contributed by atoms with E-state index in [1.54, 1.807) is 0 Å². The number of imidazole rings is 1. The van der Waals surface area contributed by atoms with E-state index in [9.17, 15) is 0 Å². The molecule has 9 rings (SSSR count). The lowest BCUT2D eigenvalue weighted by molar-refractivity contribution is 0.760. The predicted octanol–water partition coefficient (Wildman–Crippen LogP) is 12.6. The smallest absolute Gasteiger partial charge is 0.117 e. The second kappa shape index (κ2) is 11.4. The fraction of sp³-hybridized carbons (Fsp3) is 0.0652. The minimum atomic E-state index is 0.304. The van der Waals surface area contributed by atoms with Crippen LogP contribution in [-0.2, 0) is 0 Å². The van der Waals surface area contributed by atoms with Gasteiger partial charge in [-0.15, -0.1) is 0 Å². The molecule has 48 heavy (non-hydrogen) atoms. The predicted molar refractivity (Wildman–Crippen MR) is 204 cm³/mol. The van der Waals surface area contributed by atoms with Crippen LogP contribution in [0, 0.1) is 0 Å². The molecule has 228 valence electrons. The van der Waals surface area contributed by atoms with E-state index < -0.39 is 0 Å².